The molecule has 2 aromatic carbocycles. The zero-order valence-electron chi connectivity index (χ0n) is 12.5. The molecule has 0 spiro atoms. The van der Waals surface area contributed by atoms with Crippen molar-refractivity contribution in [3.05, 3.63) is 59.7 Å². The molecule has 0 saturated carbocycles. The van der Waals surface area contributed by atoms with Crippen molar-refractivity contribution in [1.82, 2.24) is 0 Å². The Bertz CT molecular complexity index is 665. The number of hydrogen-bond donors (Lipinski definition) is 1. The second kappa shape index (κ2) is 7.26. The minimum absolute atomic E-state index is 0.344. The van der Waals surface area contributed by atoms with Gasteiger partial charge in [-0.05, 0) is 48.4 Å². The zero-order chi connectivity index (χ0) is 15.9. The quantitative estimate of drug-likeness (QED) is 0.875. The molecular weight excluding hydrogens is 282 g/mol. The van der Waals surface area contributed by atoms with E-state index in [0.29, 0.717) is 17.0 Å². The number of benzene rings is 2. The summed E-state index contributed by atoms with van der Waals surface area (Å²) >= 11 is 0. The van der Waals surface area contributed by atoms with Gasteiger partial charge in [0.2, 0.25) is 0 Å². The number of rotatable bonds is 4. The van der Waals surface area contributed by atoms with Crippen molar-refractivity contribution in [3.8, 4) is 5.75 Å². The highest BCUT2D eigenvalue weighted by Gasteiger charge is 2.08. The van der Waals surface area contributed by atoms with Gasteiger partial charge < -0.3 is 9.47 Å². The third-order valence-corrected chi connectivity index (χ3v) is 3.07. The number of esters is 1. The summed E-state index contributed by atoms with van der Waals surface area (Å²) < 4.78 is 9.76. The molecule has 5 nitrogen and oxygen atoms in total. The first kappa shape index (κ1) is 15.6. The monoisotopic (exact) mass is 299 g/mol. The van der Waals surface area contributed by atoms with Crippen LogP contribution in [0.2, 0.25) is 0 Å². The van der Waals surface area contributed by atoms with Gasteiger partial charge in [0.15, 0.2) is 0 Å². The SMILES string of the molecule is CCc1cccc(NC(=O)Oc2ccc(C(=O)OC)cc2)c1. The van der Waals surface area contributed by atoms with Crippen LogP contribution in [0.4, 0.5) is 10.5 Å². The summed E-state index contributed by atoms with van der Waals surface area (Å²) in [4.78, 5) is 23.1. The Morgan fingerprint density at radius 1 is 1.09 bits per heavy atom. The highest BCUT2D eigenvalue weighted by molar-refractivity contribution is 5.90. The molecule has 0 aliphatic rings. The van der Waals surface area contributed by atoms with Crippen molar-refractivity contribution in [2.45, 2.75) is 13.3 Å². The number of aryl methyl sites for hydroxylation is 1. The van der Waals surface area contributed by atoms with Crippen LogP contribution in [0.3, 0.4) is 0 Å². The Hall–Kier alpha value is -2.82. The molecule has 1 amide bonds. The predicted molar refractivity (Wildman–Crippen MR) is 83.2 cm³/mol. The van der Waals surface area contributed by atoms with E-state index in [1.807, 2.05) is 25.1 Å². The maximum absolute atomic E-state index is 11.8. The van der Waals surface area contributed by atoms with E-state index in [0.717, 1.165) is 12.0 Å². The summed E-state index contributed by atoms with van der Waals surface area (Å²) in [6.45, 7) is 2.04. The maximum atomic E-state index is 11.8. The Morgan fingerprint density at radius 2 is 1.82 bits per heavy atom. The van der Waals surface area contributed by atoms with Gasteiger partial charge in [-0.15, -0.1) is 0 Å². The molecule has 2 aromatic rings. The van der Waals surface area contributed by atoms with Gasteiger partial charge in [-0.25, -0.2) is 9.59 Å². The van der Waals surface area contributed by atoms with Gasteiger partial charge in [-0.3, -0.25) is 5.32 Å². The fraction of sp³-hybridized carbons (Fsp3) is 0.176. The normalized spacial score (nSPS) is 9.91. The zero-order valence-corrected chi connectivity index (χ0v) is 12.5. The highest BCUT2D eigenvalue weighted by Crippen LogP contribution is 2.15. The van der Waals surface area contributed by atoms with E-state index in [1.165, 1.54) is 31.4 Å². The molecule has 5 heteroatoms. The van der Waals surface area contributed by atoms with Gasteiger partial charge in [0, 0.05) is 5.69 Å². The number of amides is 1. The number of carbonyl (C=O) groups excluding carboxylic acids is 2. The molecule has 0 radical (unpaired) electrons. The minimum Gasteiger partial charge on any atom is -0.465 e. The number of methoxy groups -OCH3 is 1. The molecule has 0 aliphatic carbocycles. The fourth-order valence-electron chi connectivity index (χ4n) is 1.90. The van der Waals surface area contributed by atoms with Crippen LogP contribution in [-0.2, 0) is 11.2 Å². The van der Waals surface area contributed by atoms with Gasteiger partial charge in [-0.2, -0.15) is 0 Å². The second-order valence-corrected chi connectivity index (χ2v) is 4.58. The summed E-state index contributed by atoms with van der Waals surface area (Å²) in [6, 6.07) is 13.7. The van der Waals surface area contributed by atoms with E-state index in [1.54, 1.807) is 6.07 Å². The van der Waals surface area contributed by atoms with E-state index in [-0.39, 0.29) is 0 Å². The second-order valence-electron chi connectivity index (χ2n) is 4.58. The summed E-state index contributed by atoms with van der Waals surface area (Å²) in [5, 5.41) is 2.66. The Balaban J connectivity index is 1.98. The molecule has 114 valence electrons. The highest BCUT2D eigenvalue weighted by atomic mass is 16.6. The largest absolute Gasteiger partial charge is 0.465 e. The van der Waals surface area contributed by atoms with Crippen LogP contribution in [0.5, 0.6) is 5.75 Å². The lowest BCUT2D eigenvalue weighted by atomic mass is 10.1. The summed E-state index contributed by atoms with van der Waals surface area (Å²) in [5.41, 5.74) is 2.20. The first-order valence-electron chi connectivity index (χ1n) is 6.88. The number of anilines is 1. The molecular formula is C17H17NO4. The van der Waals surface area contributed by atoms with Crippen molar-refractivity contribution in [2.75, 3.05) is 12.4 Å². The summed E-state index contributed by atoms with van der Waals surface area (Å²) in [5.74, 6) is -0.0934. The Morgan fingerprint density at radius 3 is 2.45 bits per heavy atom. The number of carbonyl (C=O) groups is 2. The average molecular weight is 299 g/mol. The maximum Gasteiger partial charge on any atom is 0.417 e. The molecule has 0 saturated heterocycles. The van der Waals surface area contributed by atoms with E-state index < -0.39 is 12.1 Å². The van der Waals surface area contributed by atoms with Gasteiger partial charge in [0.1, 0.15) is 5.75 Å². The number of ether oxygens (including phenoxy) is 2. The minimum atomic E-state index is -0.584. The van der Waals surface area contributed by atoms with Gasteiger partial charge in [0.25, 0.3) is 0 Å². The lowest BCUT2D eigenvalue weighted by Gasteiger charge is -2.08. The molecule has 0 aliphatic heterocycles. The molecule has 0 atom stereocenters. The van der Waals surface area contributed by atoms with E-state index in [4.69, 9.17) is 4.74 Å². The Labute approximate surface area is 128 Å². The first-order valence-corrected chi connectivity index (χ1v) is 6.88. The van der Waals surface area contributed by atoms with E-state index in [2.05, 4.69) is 10.1 Å². The topological polar surface area (TPSA) is 64.6 Å². The fourth-order valence-corrected chi connectivity index (χ4v) is 1.90. The van der Waals surface area contributed by atoms with Gasteiger partial charge in [-0.1, -0.05) is 19.1 Å². The van der Waals surface area contributed by atoms with Gasteiger partial charge in [0.05, 0.1) is 12.7 Å². The van der Waals surface area contributed by atoms with Crippen molar-refractivity contribution in [1.29, 1.82) is 0 Å². The van der Waals surface area contributed by atoms with Crippen molar-refractivity contribution in [2.24, 2.45) is 0 Å². The third-order valence-electron chi connectivity index (χ3n) is 3.07. The average Bonchev–Trinajstić information content (AvgIpc) is 2.55. The van der Waals surface area contributed by atoms with Crippen molar-refractivity contribution < 1.29 is 19.1 Å². The van der Waals surface area contributed by atoms with E-state index in [9.17, 15) is 9.59 Å². The molecule has 0 aromatic heterocycles. The third kappa shape index (κ3) is 4.09. The first-order chi connectivity index (χ1) is 10.6. The van der Waals surface area contributed by atoms with Crippen LogP contribution in [0.15, 0.2) is 48.5 Å². The standard InChI is InChI=1S/C17H17NO4/c1-3-12-5-4-6-14(11-12)18-17(20)22-15-9-7-13(8-10-15)16(19)21-2/h4-11H,3H2,1-2H3,(H,18,20). The number of hydrogen-bond acceptors (Lipinski definition) is 4. The van der Waals surface area contributed by atoms with Crippen LogP contribution >= 0.6 is 0 Å². The summed E-state index contributed by atoms with van der Waals surface area (Å²) in [7, 11) is 1.31. The molecule has 22 heavy (non-hydrogen) atoms. The van der Waals surface area contributed by atoms with Crippen molar-refractivity contribution >= 4 is 17.7 Å². The van der Waals surface area contributed by atoms with Crippen LogP contribution < -0.4 is 10.1 Å². The smallest absolute Gasteiger partial charge is 0.417 e. The molecule has 0 fully saturated rings. The van der Waals surface area contributed by atoms with Crippen LogP contribution in [0, 0.1) is 0 Å². The molecule has 0 bridgehead atoms. The lowest BCUT2D eigenvalue weighted by Crippen LogP contribution is -2.16. The molecule has 2 rings (SSSR count). The van der Waals surface area contributed by atoms with Gasteiger partial charge >= 0.3 is 12.1 Å². The van der Waals surface area contributed by atoms with Crippen LogP contribution in [0.1, 0.15) is 22.8 Å². The van der Waals surface area contributed by atoms with Crippen LogP contribution in [-0.4, -0.2) is 19.2 Å². The Kier molecular flexibility index (Phi) is 5.14. The molecule has 0 unspecified atom stereocenters. The molecule has 1 N–H and O–H groups in total. The van der Waals surface area contributed by atoms with E-state index >= 15 is 0 Å². The number of nitrogens with one attached hydrogen (secondary N) is 1. The van der Waals surface area contributed by atoms with Crippen molar-refractivity contribution in [3.63, 3.8) is 0 Å². The predicted octanol–water partition coefficient (Wildman–Crippen LogP) is 3.65. The lowest BCUT2D eigenvalue weighted by molar-refractivity contribution is 0.0600. The molecule has 0 heterocycles. The summed E-state index contributed by atoms with van der Waals surface area (Å²) in [6.07, 6.45) is 0.304. The van der Waals surface area contributed by atoms with Crippen LogP contribution in [0.25, 0.3) is 0 Å².